The van der Waals surface area contributed by atoms with Crippen LogP contribution in [-0.2, 0) is 6.42 Å². The van der Waals surface area contributed by atoms with Crippen molar-refractivity contribution in [2.45, 2.75) is 19.4 Å². The second-order valence-corrected chi connectivity index (χ2v) is 7.64. The fourth-order valence-corrected chi connectivity index (χ4v) is 4.19. The predicted molar refractivity (Wildman–Crippen MR) is 105 cm³/mol. The molecule has 6 nitrogen and oxygen atoms in total. The van der Waals surface area contributed by atoms with Gasteiger partial charge in [0.1, 0.15) is 22.0 Å². The molecule has 0 radical (unpaired) electrons. The van der Waals surface area contributed by atoms with E-state index in [0.29, 0.717) is 23.4 Å². The lowest BCUT2D eigenvalue weighted by molar-refractivity contribution is 0.0935. The zero-order chi connectivity index (χ0) is 18.6. The molecule has 0 bridgehead atoms. The van der Waals surface area contributed by atoms with Crippen molar-refractivity contribution in [3.63, 3.8) is 0 Å². The van der Waals surface area contributed by atoms with Crippen LogP contribution < -0.4 is 5.32 Å². The number of nitrogens with zero attached hydrogens (tertiary/aromatic N) is 3. The number of thiazole rings is 1. The van der Waals surface area contributed by atoms with Crippen molar-refractivity contribution in [2.24, 2.45) is 0 Å². The molecule has 0 aliphatic heterocycles. The molecular formula is C19H16N4O2S2. The van der Waals surface area contributed by atoms with Crippen LogP contribution in [0.3, 0.4) is 0 Å². The number of aryl methyl sites for hydroxylation is 1. The summed E-state index contributed by atoms with van der Waals surface area (Å²) >= 11 is 3.16. The Morgan fingerprint density at radius 3 is 2.93 bits per heavy atom. The minimum Gasteiger partial charge on any atom is -0.360 e. The second-order valence-electron chi connectivity index (χ2n) is 5.94. The predicted octanol–water partition coefficient (Wildman–Crippen LogP) is 4.28. The van der Waals surface area contributed by atoms with Crippen LogP contribution in [0.2, 0.25) is 0 Å². The number of aromatic nitrogens is 3. The molecule has 8 heteroatoms. The molecule has 0 unspecified atom stereocenters. The summed E-state index contributed by atoms with van der Waals surface area (Å²) in [7, 11) is 0. The lowest BCUT2D eigenvalue weighted by Crippen LogP contribution is -2.30. The lowest BCUT2D eigenvalue weighted by atomic mass is 10.1. The summed E-state index contributed by atoms with van der Waals surface area (Å²) in [5.41, 5.74) is 2.82. The van der Waals surface area contributed by atoms with Crippen LogP contribution in [-0.4, -0.2) is 21.0 Å². The van der Waals surface area contributed by atoms with Crippen molar-refractivity contribution in [1.29, 1.82) is 0 Å². The highest BCUT2D eigenvalue weighted by atomic mass is 32.1. The third kappa shape index (κ3) is 3.81. The molecule has 0 fully saturated rings. The number of rotatable bonds is 6. The summed E-state index contributed by atoms with van der Waals surface area (Å²) in [4.78, 5) is 21.6. The van der Waals surface area contributed by atoms with Crippen LogP contribution in [0.1, 0.15) is 32.7 Å². The van der Waals surface area contributed by atoms with Gasteiger partial charge in [0.25, 0.3) is 5.91 Å². The van der Waals surface area contributed by atoms with E-state index in [1.54, 1.807) is 42.9 Å². The summed E-state index contributed by atoms with van der Waals surface area (Å²) in [6, 6.07) is 5.49. The van der Waals surface area contributed by atoms with Gasteiger partial charge < -0.3 is 9.84 Å². The normalized spacial score (nSPS) is 12.0. The van der Waals surface area contributed by atoms with Gasteiger partial charge in [0.15, 0.2) is 0 Å². The Morgan fingerprint density at radius 1 is 1.30 bits per heavy atom. The Balaban J connectivity index is 1.63. The quantitative estimate of drug-likeness (QED) is 0.526. The Bertz CT molecular complexity index is 1010. The first-order valence-corrected chi connectivity index (χ1v) is 10.1. The summed E-state index contributed by atoms with van der Waals surface area (Å²) in [6.45, 7) is 1.74. The molecule has 136 valence electrons. The number of nitrogens with one attached hydrogen (secondary N) is 1. The van der Waals surface area contributed by atoms with Crippen molar-refractivity contribution in [3.8, 4) is 11.3 Å². The largest absolute Gasteiger partial charge is 0.360 e. The van der Waals surface area contributed by atoms with Crippen molar-refractivity contribution in [2.75, 3.05) is 0 Å². The highest BCUT2D eigenvalue weighted by molar-refractivity contribution is 7.09. The van der Waals surface area contributed by atoms with Gasteiger partial charge in [-0.25, -0.2) is 4.98 Å². The van der Waals surface area contributed by atoms with Gasteiger partial charge in [-0.3, -0.25) is 9.78 Å². The van der Waals surface area contributed by atoms with E-state index in [1.165, 1.54) is 11.3 Å². The standard InChI is InChI=1S/C19H16N4O2S2/c1-12-16(17(23-25-12)14-3-2-5-20-10-14)18(24)22-15(19-21-6-8-27-19)9-13-4-7-26-11-13/h2-8,10-11,15H,9H2,1H3,(H,22,24)/t15-/m1/s1. The van der Waals surface area contributed by atoms with Gasteiger partial charge in [0.2, 0.25) is 0 Å². The molecule has 4 aromatic rings. The number of carbonyl (C=O) groups is 1. The van der Waals surface area contributed by atoms with Crippen LogP contribution in [0.5, 0.6) is 0 Å². The summed E-state index contributed by atoms with van der Waals surface area (Å²) in [5, 5.41) is 14.1. The van der Waals surface area contributed by atoms with Gasteiger partial charge in [-0.05, 0) is 41.4 Å². The number of thiophene rings is 1. The number of pyridine rings is 1. The first-order valence-electron chi connectivity index (χ1n) is 8.30. The van der Waals surface area contributed by atoms with Crippen molar-refractivity contribution >= 4 is 28.6 Å². The monoisotopic (exact) mass is 396 g/mol. The Labute approximate surface area is 163 Å². The SMILES string of the molecule is Cc1onc(-c2cccnc2)c1C(=O)N[C@H](Cc1ccsc1)c1nccs1. The number of hydrogen-bond donors (Lipinski definition) is 1. The van der Waals surface area contributed by atoms with Gasteiger partial charge in [-0.2, -0.15) is 11.3 Å². The van der Waals surface area contributed by atoms with Gasteiger partial charge in [-0.15, -0.1) is 11.3 Å². The molecule has 0 aliphatic rings. The minimum absolute atomic E-state index is 0.219. The number of carbonyl (C=O) groups excluding carboxylic acids is 1. The number of hydrogen-bond acceptors (Lipinski definition) is 7. The summed E-state index contributed by atoms with van der Waals surface area (Å²) < 4.78 is 5.30. The van der Waals surface area contributed by atoms with Crippen molar-refractivity contribution in [3.05, 3.63) is 74.8 Å². The maximum absolute atomic E-state index is 13.1. The summed E-state index contributed by atoms with van der Waals surface area (Å²) in [6.07, 6.45) is 5.76. The maximum Gasteiger partial charge on any atom is 0.257 e. The van der Waals surface area contributed by atoms with Gasteiger partial charge in [-0.1, -0.05) is 5.16 Å². The smallest absolute Gasteiger partial charge is 0.257 e. The van der Waals surface area contributed by atoms with E-state index in [1.807, 2.05) is 16.8 Å². The molecule has 0 saturated heterocycles. The van der Waals surface area contributed by atoms with Crippen molar-refractivity contribution < 1.29 is 9.32 Å². The molecule has 4 aromatic heterocycles. The third-order valence-corrected chi connectivity index (χ3v) is 5.72. The topological polar surface area (TPSA) is 80.9 Å². The minimum atomic E-state index is -0.233. The molecule has 0 aromatic carbocycles. The van der Waals surface area contributed by atoms with E-state index >= 15 is 0 Å². The fraction of sp³-hybridized carbons (Fsp3) is 0.158. The molecule has 1 atom stereocenters. The van der Waals surface area contributed by atoms with E-state index in [2.05, 4.69) is 31.9 Å². The lowest BCUT2D eigenvalue weighted by Gasteiger charge is -2.16. The van der Waals surface area contributed by atoms with Crippen LogP contribution in [0.4, 0.5) is 0 Å². The Morgan fingerprint density at radius 2 is 2.22 bits per heavy atom. The fourth-order valence-electron chi connectivity index (χ4n) is 2.82. The van der Waals surface area contributed by atoms with Crippen LogP contribution >= 0.6 is 22.7 Å². The van der Waals surface area contributed by atoms with E-state index in [9.17, 15) is 4.79 Å². The molecule has 0 aliphatic carbocycles. The second kappa shape index (κ2) is 7.81. The highest BCUT2D eigenvalue weighted by Crippen LogP contribution is 2.27. The molecule has 4 heterocycles. The Kier molecular flexibility index (Phi) is 5.08. The third-order valence-electron chi connectivity index (χ3n) is 4.10. The maximum atomic E-state index is 13.1. The molecule has 0 saturated carbocycles. The Hall–Kier alpha value is -2.84. The van der Waals surface area contributed by atoms with Crippen LogP contribution in [0.15, 0.2) is 57.5 Å². The average Bonchev–Trinajstić information content (AvgIpc) is 3.44. The summed E-state index contributed by atoms with van der Waals surface area (Å²) in [5.74, 6) is 0.239. The molecule has 1 N–H and O–H groups in total. The zero-order valence-electron chi connectivity index (χ0n) is 14.5. The molecule has 4 rings (SSSR count). The van der Waals surface area contributed by atoms with Crippen molar-refractivity contribution in [1.82, 2.24) is 20.4 Å². The first kappa shape index (κ1) is 17.6. The number of amides is 1. The first-order chi connectivity index (χ1) is 13.2. The van der Waals surface area contributed by atoms with Gasteiger partial charge >= 0.3 is 0 Å². The van der Waals surface area contributed by atoms with Gasteiger partial charge in [0, 0.05) is 36.0 Å². The molecular weight excluding hydrogens is 380 g/mol. The van der Waals surface area contributed by atoms with E-state index in [-0.39, 0.29) is 11.9 Å². The van der Waals surface area contributed by atoms with Crippen LogP contribution in [0.25, 0.3) is 11.3 Å². The molecule has 27 heavy (non-hydrogen) atoms. The van der Waals surface area contributed by atoms with Crippen LogP contribution in [0, 0.1) is 6.92 Å². The highest BCUT2D eigenvalue weighted by Gasteiger charge is 2.25. The van der Waals surface area contributed by atoms with E-state index in [4.69, 9.17) is 4.52 Å². The van der Waals surface area contributed by atoms with Gasteiger partial charge in [0.05, 0.1) is 6.04 Å². The van der Waals surface area contributed by atoms with E-state index in [0.717, 1.165) is 16.1 Å². The molecule has 1 amide bonds. The zero-order valence-corrected chi connectivity index (χ0v) is 16.1. The average molecular weight is 396 g/mol. The molecule has 0 spiro atoms. The van der Waals surface area contributed by atoms with E-state index < -0.39 is 0 Å².